The van der Waals surface area contributed by atoms with E-state index >= 15 is 0 Å². The van der Waals surface area contributed by atoms with Gasteiger partial charge in [0.25, 0.3) is 5.91 Å². The molecule has 0 bridgehead atoms. The zero-order valence-corrected chi connectivity index (χ0v) is 8.90. The molecule has 1 aromatic rings. The van der Waals surface area contributed by atoms with Gasteiger partial charge < -0.3 is 9.84 Å². The van der Waals surface area contributed by atoms with E-state index in [-0.39, 0.29) is 11.3 Å². The number of ether oxygens (including phenoxy) is 1. The zero-order chi connectivity index (χ0) is 12.8. The van der Waals surface area contributed by atoms with Crippen molar-refractivity contribution in [2.24, 2.45) is 0 Å². The summed E-state index contributed by atoms with van der Waals surface area (Å²) in [5.74, 6) is -2.60. The van der Waals surface area contributed by atoms with E-state index in [1.807, 2.05) is 5.48 Å². The maximum atomic E-state index is 13.0. The minimum absolute atomic E-state index is 0.0871. The van der Waals surface area contributed by atoms with Gasteiger partial charge in [-0.05, 0) is 18.2 Å². The van der Waals surface area contributed by atoms with Crippen LogP contribution < -0.4 is 10.2 Å². The minimum Gasteiger partial charge on any atom is -0.494 e. The van der Waals surface area contributed by atoms with Crippen LogP contribution in [0.25, 0.3) is 0 Å². The van der Waals surface area contributed by atoms with Gasteiger partial charge in [-0.25, -0.2) is 14.7 Å². The van der Waals surface area contributed by atoms with Crippen LogP contribution in [0.1, 0.15) is 10.4 Å². The van der Waals surface area contributed by atoms with Crippen LogP contribution in [0.15, 0.2) is 18.2 Å². The van der Waals surface area contributed by atoms with Crippen molar-refractivity contribution in [2.45, 2.75) is 0 Å². The van der Waals surface area contributed by atoms with Crippen LogP contribution in [-0.4, -0.2) is 30.7 Å². The van der Waals surface area contributed by atoms with E-state index in [9.17, 15) is 14.0 Å². The molecule has 92 valence electrons. The third kappa shape index (κ3) is 3.72. The molecule has 0 aliphatic carbocycles. The molecule has 1 amide bonds. The number of carbonyl (C=O) groups is 2. The molecule has 0 fully saturated rings. The molecule has 2 N–H and O–H groups in total. The van der Waals surface area contributed by atoms with Crippen molar-refractivity contribution in [3.05, 3.63) is 29.6 Å². The molecule has 6 nitrogen and oxygen atoms in total. The van der Waals surface area contributed by atoms with Crippen LogP contribution in [0.2, 0.25) is 0 Å². The molecule has 0 aliphatic rings. The van der Waals surface area contributed by atoms with Gasteiger partial charge in [-0.2, -0.15) is 0 Å². The van der Waals surface area contributed by atoms with Gasteiger partial charge >= 0.3 is 5.97 Å². The number of amides is 1. The van der Waals surface area contributed by atoms with Crippen molar-refractivity contribution >= 4 is 11.9 Å². The van der Waals surface area contributed by atoms with Crippen molar-refractivity contribution in [1.82, 2.24) is 5.48 Å². The predicted octanol–water partition coefficient (Wildman–Crippen LogP) is 0.580. The summed E-state index contributed by atoms with van der Waals surface area (Å²) >= 11 is 0. The Labute approximate surface area is 95.9 Å². The molecule has 1 aromatic carbocycles. The molecule has 0 heterocycles. The normalized spacial score (nSPS) is 9.76. The fourth-order valence-electron chi connectivity index (χ4n) is 1.02. The molecular formula is C10H10FNO5. The fraction of sp³-hybridized carbons (Fsp3) is 0.200. The lowest BCUT2D eigenvalue weighted by Gasteiger charge is -2.06. The number of benzene rings is 1. The zero-order valence-electron chi connectivity index (χ0n) is 8.90. The van der Waals surface area contributed by atoms with Gasteiger partial charge in [-0.1, -0.05) is 0 Å². The first-order chi connectivity index (χ1) is 8.04. The number of nitrogens with one attached hydrogen (secondary N) is 1. The summed E-state index contributed by atoms with van der Waals surface area (Å²) < 4.78 is 17.7. The number of methoxy groups -OCH3 is 1. The molecule has 7 heteroatoms. The number of hydrogen-bond acceptors (Lipinski definition) is 4. The summed E-state index contributed by atoms with van der Waals surface area (Å²) in [4.78, 5) is 25.9. The van der Waals surface area contributed by atoms with Crippen molar-refractivity contribution < 1.29 is 28.7 Å². The molecule has 0 radical (unpaired) electrons. The van der Waals surface area contributed by atoms with Crippen molar-refractivity contribution in [2.75, 3.05) is 13.7 Å². The number of hydrogen-bond donors (Lipinski definition) is 2. The summed E-state index contributed by atoms with van der Waals surface area (Å²) in [6, 6.07) is 3.46. The fourth-order valence-corrected chi connectivity index (χ4v) is 1.02. The number of carboxylic acids is 1. The van der Waals surface area contributed by atoms with Crippen molar-refractivity contribution in [1.29, 1.82) is 0 Å². The second-order valence-electron chi connectivity index (χ2n) is 2.96. The van der Waals surface area contributed by atoms with E-state index in [1.165, 1.54) is 19.2 Å². The Morgan fingerprint density at radius 1 is 1.47 bits per heavy atom. The highest BCUT2D eigenvalue weighted by Crippen LogP contribution is 2.17. The average molecular weight is 243 g/mol. The smallest absolute Gasteiger partial charge is 0.332 e. The van der Waals surface area contributed by atoms with Crippen LogP contribution in [0.3, 0.4) is 0 Å². The first-order valence-corrected chi connectivity index (χ1v) is 4.52. The van der Waals surface area contributed by atoms with Crippen LogP contribution >= 0.6 is 0 Å². The molecule has 17 heavy (non-hydrogen) atoms. The average Bonchev–Trinajstić information content (AvgIpc) is 2.29. The lowest BCUT2D eigenvalue weighted by molar-refractivity contribution is -0.144. The second kappa shape index (κ2) is 5.80. The Hall–Kier alpha value is -2.15. The molecule has 0 saturated heterocycles. The molecule has 1 rings (SSSR count). The van der Waals surface area contributed by atoms with Crippen LogP contribution in [-0.2, 0) is 9.63 Å². The highest BCUT2D eigenvalue weighted by atomic mass is 19.1. The lowest BCUT2D eigenvalue weighted by atomic mass is 10.2. The highest BCUT2D eigenvalue weighted by molar-refractivity contribution is 5.93. The van der Waals surface area contributed by atoms with E-state index < -0.39 is 24.3 Å². The Morgan fingerprint density at radius 3 is 2.76 bits per heavy atom. The Morgan fingerprint density at radius 2 is 2.18 bits per heavy atom. The first-order valence-electron chi connectivity index (χ1n) is 4.52. The van der Waals surface area contributed by atoms with Crippen molar-refractivity contribution in [3.63, 3.8) is 0 Å². The largest absolute Gasteiger partial charge is 0.494 e. The maximum absolute atomic E-state index is 13.0. The number of carboxylic acid groups (broad SMARTS) is 1. The summed E-state index contributed by atoms with van der Waals surface area (Å²) in [6.45, 7) is -0.663. The van der Waals surface area contributed by atoms with E-state index in [4.69, 9.17) is 5.11 Å². The standard InChI is InChI=1S/C10H10FNO5/c1-16-8-4-6(2-3-7(8)11)10(15)12-17-5-9(13)14/h2-4H,5H2,1H3,(H,12,15)(H,13,14). The van der Waals surface area contributed by atoms with Gasteiger partial charge in [0, 0.05) is 5.56 Å². The lowest BCUT2D eigenvalue weighted by Crippen LogP contribution is -2.26. The third-order valence-corrected chi connectivity index (χ3v) is 1.77. The predicted molar refractivity (Wildman–Crippen MR) is 54.0 cm³/mol. The van der Waals surface area contributed by atoms with Crippen LogP contribution in [0.4, 0.5) is 4.39 Å². The second-order valence-corrected chi connectivity index (χ2v) is 2.96. The Kier molecular flexibility index (Phi) is 4.41. The van der Waals surface area contributed by atoms with Crippen LogP contribution in [0, 0.1) is 5.82 Å². The van der Waals surface area contributed by atoms with Gasteiger partial charge in [-0.15, -0.1) is 0 Å². The topological polar surface area (TPSA) is 84.9 Å². The summed E-state index contributed by atoms with van der Waals surface area (Å²) in [5.41, 5.74) is 1.99. The number of carbonyl (C=O) groups excluding carboxylic acids is 1. The van der Waals surface area contributed by atoms with E-state index in [0.717, 1.165) is 6.07 Å². The number of halogens is 1. The summed E-state index contributed by atoms with van der Waals surface area (Å²) in [7, 11) is 1.26. The maximum Gasteiger partial charge on any atom is 0.332 e. The minimum atomic E-state index is -1.22. The molecule has 0 unspecified atom stereocenters. The summed E-state index contributed by atoms with van der Waals surface area (Å²) in [5, 5.41) is 8.27. The van der Waals surface area contributed by atoms with Gasteiger partial charge in [-0.3, -0.25) is 9.63 Å². The monoisotopic (exact) mass is 243 g/mol. The first kappa shape index (κ1) is 12.9. The third-order valence-electron chi connectivity index (χ3n) is 1.77. The van der Waals surface area contributed by atoms with Gasteiger partial charge in [0.1, 0.15) is 0 Å². The molecular weight excluding hydrogens is 233 g/mol. The number of rotatable bonds is 5. The molecule has 0 saturated carbocycles. The number of aliphatic carboxylic acids is 1. The quantitative estimate of drug-likeness (QED) is 0.739. The van der Waals surface area contributed by atoms with Gasteiger partial charge in [0.2, 0.25) is 0 Å². The molecule has 0 aromatic heterocycles. The SMILES string of the molecule is COc1cc(C(=O)NOCC(=O)O)ccc1F. The molecule has 0 aliphatic heterocycles. The summed E-state index contributed by atoms with van der Waals surface area (Å²) in [6.07, 6.45) is 0. The van der Waals surface area contributed by atoms with Crippen molar-refractivity contribution in [3.8, 4) is 5.75 Å². The highest BCUT2D eigenvalue weighted by Gasteiger charge is 2.10. The van der Waals surface area contributed by atoms with Gasteiger partial charge in [0.05, 0.1) is 7.11 Å². The Balaban J connectivity index is 2.66. The van der Waals surface area contributed by atoms with E-state index in [2.05, 4.69) is 9.57 Å². The van der Waals surface area contributed by atoms with E-state index in [0.29, 0.717) is 0 Å². The van der Waals surface area contributed by atoms with Crippen LogP contribution in [0.5, 0.6) is 5.75 Å². The Bertz CT molecular complexity index is 435. The van der Waals surface area contributed by atoms with Gasteiger partial charge in [0.15, 0.2) is 18.2 Å². The van der Waals surface area contributed by atoms with E-state index in [1.54, 1.807) is 0 Å². The molecule has 0 atom stereocenters. The molecule has 0 spiro atoms. The number of hydroxylamine groups is 1.